The average Bonchev–Trinajstić information content (AvgIpc) is 2.75. The van der Waals surface area contributed by atoms with Gasteiger partial charge in [0.25, 0.3) is 0 Å². The Bertz CT molecular complexity index is 654. The Balaban J connectivity index is 1.79. The van der Waals surface area contributed by atoms with Crippen molar-refractivity contribution < 1.29 is 9.31 Å². The molecule has 0 saturated carbocycles. The Morgan fingerprint density at radius 3 is 2.04 bits per heavy atom. The molecule has 0 amide bonds. The summed E-state index contributed by atoms with van der Waals surface area (Å²) in [6, 6.07) is 18.6. The van der Waals surface area contributed by atoms with Crippen LogP contribution in [-0.4, -0.2) is 18.3 Å². The minimum Gasteiger partial charge on any atom is -0.399 e. The van der Waals surface area contributed by atoms with Gasteiger partial charge in [-0.1, -0.05) is 48.5 Å². The number of para-hydroxylation sites is 1. The maximum absolute atomic E-state index is 6.18. The summed E-state index contributed by atoms with van der Waals surface area (Å²) in [6.45, 7) is 9.08. The van der Waals surface area contributed by atoms with Gasteiger partial charge in [-0.3, -0.25) is 0 Å². The molecule has 0 atom stereocenters. The third-order valence-electron chi connectivity index (χ3n) is 4.79. The molecule has 0 unspecified atom stereocenters. The van der Waals surface area contributed by atoms with Gasteiger partial charge >= 0.3 is 7.12 Å². The summed E-state index contributed by atoms with van der Waals surface area (Å²) in [5, 5.41) is 3.50. The van der Waals surface area contributed by atoms with Crippen LogP contribution in [0.1, 0.15) is 33.3 Å². The van der Waals surface area contributed by atoms with E-state index in [2.05, 4.69) is 69.4 Å². The van der Waals surface area contributed by atoms with Crippen LogP contribution in [0.2, 0.25) is 0 Å². The van der Waals surface area contributed by atoms with Crippen LogP contribution in [0.15, 0.2) is 54.6 Å². The maximum atomic E-state index is 6.18. The first-order valence-electron chi connectivity index (χ1n) is 8.11. The van der Waals surface area contributed by atoms with Gasteiger partial charge in [0.05, 0.1) is 11.2 Å². The highest BCUT2D eigenvalue weighted by Gasteiger charge is 2.52. The molecule has 23 heavy (non-hydrogen) atoms. The predicted molar refractivity (Wildman–Crippen MR) is 95.9 cm³/mol. The quantitative estimate of drug-likeness (QED) is 0.875. The molecule has 1 aliphatic heterocycles. The average molecular weight is 309 g/mol. The molecule has 2 aromatic carbocycles. The van der Waals surface area contributed by atoms with E-state index in [4.69, 9.17) is 9.31 Å². The van der Waals surface area contributed by atoms with E-state index in [1.807, 2.05) is 18.2 Å². The number of nitrogens with one attached hydrogen (secondary N) is 1. The van der Waals surface area contributed by atoms with Crippen molar-refractivity contribution in [1.82, 2.24) is 0 Å². The lowest BCUT2D eigenvalue weighted by Crippen LogP contribution is -2.41. The van der Waals surface area contributed by atoms with Gasteiger partial charge in [0.1, 0.15) is 0 Å². The fourth-order valence-electron chi connectivity index (χ4n) is 2.63. The van der Waals surface area contributed by atoms with Gasteiger partial charge in [0, 0.05) is 17.7 Å². The zero-order valence-corrected chi connectivity index (χ0v) is 14.3. The van der Waals surface area contributed by atoms with E-state index in [0.717, 1.165) is 17.7 Å². The minimum atomic E-state index is -0.348. The summed E-state index contributed by atoms with van der Waals surface area (Å²) in [6.07, 6.45) is 0. The summed E-state index contributed by atoms with van der Waals surface area (Å²) in [7, 11) is -0.348. The molecule has 0 radical (unpaired) electrons. The van der Waals surface area contributed by atoms with E-state index >= 15 is 0 Å². The fourth-order valence-corrected chi connectivity index (χ4v) is 2.63. The van der Waals surface area contributed by atoms with Crippen LogP contribution < -0.4 is 10.8 Å². The first-order chi connectivity index (χ1) is 10.9. The first kappa shape index (κ1) is 16.1. The van der Waals surface area contributed by atoms with Gasteiger partial charge in [-0.05, 0) is 39.3 Å². The molecule has 120 valence electrons. The van der Waals surface area contributed by atoms with Crippen LogP contribution >= 0.6 is 0 Å². The second-order valence-electron chi connectivity index (χ2n) is 7.01. The summed E-state index contributed by atoms with van der Waals surface area (Å²) >= 11 is 0. The number of anilines is 1. The molecule has 1 fully saturated rings. The molecule has 0 aromatic heterocycles. The molecule has 1 aliphatic rings. The molecule has 0 bridgehead atoms. The number of hydrogen-bond acceptors (Lipinski definition) is 3. The first-order valence-corrected chi connectivity index (χ1v) is 8.11. The van der Waals surface area contributed by atoms with Crippen LogP contribution in [0.4, 0.5) is 5.69 Å². The SMILES string of the molecule is CC1(C)OB(c2ccccc2NCc2ccccc2)OC1(C)C. The molecule has 1 N–H and O–H groups in total. The second kappa shape index (κ2) is 6.02. The highest BCUT2D eigenvalue weighted by Crippen LogP contribution is 2.37. The Labute approximate surface area is 139 Å². The van der Waals surface area contributed by atoms with Crippen LogP contribution in [0.25, 0.3) is 0 Å². The topological polar surface area (TPSA) is 30.5 Å². The van der Waals surface area contributed by atoms with Crippen LogP contribution in [-0.2, 0) is 15.9 Å². The monoisotopic (exact) mass is 309 g/mol. The van der Waals surface area contributed by atoms with Crippen molar-refractivity contribution in [1.29, 1.82) is 0 Å². The predicted octanol–water partition coefficient (Wildman–Crippen LogP) is 3.60. The lowest BCUT2D eigenvalue weighted by molar-refractivity contribution is 0.00578. The van der Waals surface area contributed by atoms with Crippen molar-refractivity contribution in [3.8, 4) is 0 Å². The van der Waals surface area contributed by atoms with Crippen LogP contribution in [0.3, 0.4) is 0 Å². The Hall–Kier alpha value is -1.78. The molecule has 2 aromatic rings. The van der Waals surface area contributed by atoms with Crippen molar-refractivity contribution in [3.05, 3.63) is 60.2 Å². The Morgan fingerprint density at radius 1 is 0.826 bits per heavy atom. The molecule has 4 heteroatoms. The maximum Gasteiger partial charge on any atom is 0.496 e. The molecule has 3 nitrogen and oxygen atoms in total. The van der Waals surface area contributed by atoms with E-state index in [0.29, 0.717) is 0 Å². The van der Waals surface area contributed by atoms with Crippen molar-refractivity contribution >= 4 is 18.3 Å². The lowest BCUT2D eigenvalue weighted by Gasteiger charge is -2.32. The highest BCUT2D eigenvalue weighted by molar-refractivity contribution is 6.63. The molecule has 0 aliphatic carbocycles. The van der Waals surface area contributed by atoms with Gasteiger partial charge in [-0.15, -0.1) is 0 Å². The summed E-state index contributed by atoms with van der Waals surface area (Å²) in [5.74, 6) is 0. The Kier molecular flexibility index (Phi) is 4.22. The van der Waals surface area contributed by atoms with Gasteiger partial charge in [-0.25, -0.2) is 0 Å². The van der Waals surface area contributed by atoms with E-state index in [9.17, 15) is 0 Å². The van der Waals surface area contributed by atoms with Crippen LogP contribution in [0, 0.1) is 0 Å². The highest BCUT2D eigenvalue weighted by atomic mass is 16.7. The fraction of sp³-hybridized carbons (Fsp3) is 0.368. The second-order valence-corrected chi connectivity index (χ2v) is 7.01. The minimum absolute atomic E-state index is 0.329. The number of benzene rings is 2. The normalized spacial score (nSPS) is 18.9. The van der Waals surface area contributed by atoms with Crippen molar-refractivity contribution in [2.45, 2.75) is 45.4 Å². The molecular formula is C19H24BNO2. The standard InChI is InChI=1S/C19H24BNO2/c1-18(2)19(3,4)23-20(22-18)16-12-8-9-13-17(16)21-14-15-10-6-5-7-11-15/h5-13,21H,14H2,1-4H3. The number of rotatable bonds is 4. The molecular weight excluding hydrogens is 285 g/mol. The zero-order valence-electron chi connectivity index (χ0n) is 14.3. The van der Waals surface area contributed by atoms with E-state index in [-0.39, 0.29) is 18.3 Å². The largest absolute Gasteiger partial charge is 0.496 e. The number of hydrogen-bond donors (Lipinski definition) is 1. The Morgan fingerprint density at radius 2 is 1.39 bits per heavy atom. The summed E-state index contributed by atoms with van der Waals surface area (Å²) in [5.41, 5.74) is 2.68. The third kappa shape index (κ3) is 3.28. The smallest absolute Gasteiger partial charge is 0.399 e. The van der Waals surface area contributed by atoms with Gasteiger partial charge in [0.2, 0.25) is 0 Å². The third-order valence-corrected chi connectivity index (χ3v) is 4.79. The van der Waals surface area contributed by atoms with Gasteiger partial charge in [0.15, 0.2) is 0 Å². The van der Waals surface area contributed by atoms with Crippen molar-refractivity contribution in [2.75, 3.05) is 5.32 Å². The van der Waals surface area contributed by atoms with Crippen molar-refractivity contribution in [3.63, 3.8) is 0 Å². The van der Waals surface area contributed by atoms with Crippen molar-refractivity contribution in [2.24, 2.45) is 0 Å². The zero-order chi connectivity index (χ0) is 16.5. The van der Waals surface area contributed by atoms with Crippen LogP contribution in [0.5, 0.6) is 0 Å². The molecule has 0 spiro atoms. The van der Waals surface area contributed by atoms with Gasteiger partial charge < -0.3 is 14.6 Å². The summed E-state index contributed by atoms with van der Waals surface area (Å²) in [4.78, 5) is 0. The molecule has 1 heterocycles. The summed E-state index contributed by atoms with van der Waals surface area (Å²) < 4.78 is 12.4. The molecule has 1 saturated heterocycles. The van der Waals surface area contributed by atoms with Gasteiger partial charge in [-0.2, -0.15) is 0 Å². The van der Waals surface area contributed by atoms with E-state index in [1.54, 1.807) is 0 Å². The molecule has 3 rings (SSSR count). The lowest BCUT2D eigenvalue weighted by atomic mass is 9.78. The van der Waals surface area contributed by atoms with E-state index < -0.39 is 0 Å². The van der Waals surface area contributed by atoms with E-state index in [1.165, 1.54) is 5.56 Å².